The second-order valence-corrected chi connectivity index (χ2v) is 11.5. The van der Waals surface area contributed by atoms with Crippen molar-refractivity contribution < 1.29 is 9.47 Å². The fourth-order valence-electron chi connectivity index (χ4n) is 5.06. The lowest BCUT2D eigenvalue weighted by atomic mass is 10.0. The molecule has 6 nitrogen and oxygen atoms in total. The van der Waals surface area contributed by atoms with Gasteiger partial charge in [0.15, 0.2) is 11.7 Å². The number of aryl methyl sites for hydroxylation is 4. The predicted octanol–water partition coefficient (Wildman–Crippen LogP) is 8.59. The maximum atomic E-state index is 6.37. The third kappa shape index (κ3) is 11.1. The zero-order chi connectivity index (χ0) is 31.7. The number of amidine groups is 2. The molecule has 0 fully saturated rings. The van der Waals surface area contributed by atoms with Gasteiger partial charge in [0.05, 0.1) is 18.8 Å². The molecule has 3 rings (SSSR count). The van der Waals surface area contributed by atoms with Gasteiger partial charge in [-0.3, -0.25) is 4.99 Å². The number of hydrogen-bond acceptors (Lipinski definition) is 4. The lowest BCUT2D eigenvalue weighted by Gasteiger charge is -2.15. The van der Waals surface area contributed by atoms with Gasteiger partial charge in [0.1, 0.15) is 11.5 Å². The van der Waals surface area contributed by atoms with E-state index < -0.39 is 0 Å². The first-order valence-corrected chi connectivity index (χ1v) is 16.1. The van der Waals surface area contributed by atoms with Gasteiger partial charge in [0.2, 0.25) is 0 Å². The fourth-order valence-corrected chi connectivity index (χ4v) is 5.06. The second-order valence-electron chi connectivity index (χ2n) is 11.5. The maximum absolute atomic E-state index is 6.37. The minimum Gasteiger partial charge on any atom is -0.493 e. The number of nitrogens with zero attached hydrogens (tertiary/aromatic N) is 3. The Morgan fingerprint density at radius 1 is 0.727 bits per heavy atom. The molecule has 0 aliphatic carbocycles. The highest BCUT2D eigenvalue weighted by Gasteiger charge is 2.15. The maximum Gasteiger partial charge on any atom is 0.165 e. The highest BCUT2D eigenvalue weighted by atomic mass is 16.5. The third-order valence-corrected chi connectivity index (χ3v) is 7.59. The first-order valence-electron chi connectivity index (χ1n) is 16.1. The van der Waals surface area contributed by atoms with Crippen LogP contribution in [0, 0.1) is 27.7 Å². The molecular weight excluding hydrogens is 544 g/mol. The molecule has 0 aromatic heterocycles. The van der Waals surface area contributed by atoms with E-state index in [9.17, 15) is 0 Å². The zero-order valence-electron chi connectivity index (χ0n) is 28.0. The van der Waals surface area contributed by atoms with Crippen LogP contribution in [0.5, 0.6) is 11.5 Å². The normalized spacial score (nSPS) is 12.2. The topological polar surface area (TPSA) is 67.6 Å². The Bertz CT molecular complexity index is 1420. The number of rotatable bonds is 16. The minimum absolute atomic E-state index is 0.539. The van der Waals surface area contributed by atoms with E-state index in [-0.39, 0.29) is 0 Å². The van der Waals surface area contributed by atoms with Crippen LogP contribution in [0.15, 0.2) is 69.6 Å². The lowest BCUT2D eigenvalue weighted by molar-refractivity contribution is 0.291. The van der Waals surface area contributed by atoms with E-state index in [0.29, 0.717) is 30.6 Å². The van der Waals surface area contributed by atoms with Crippen LogP contribution in [0.25, 0.3) is 0 Å². The summed E-state index contributed by atoms with van der Waals surface area (Å²) in [6, 6.07) is 18.7. The first-order chi connectivity index (χ1) is 21.4. The number of benzene rings is 3. The van der Waals surface area contributed by atoms with Crippen LogP contribution >= 0.6 is 0 Å². The molecule has 0 saturated carbocycles. The van der Waals surface area contributed by atoms with E-state index in [4.69, 9.17) is 19.5 Å². The highest BCUT2D eigenvalue weighted by Crippen LogP contribution is 2.28. The van der Waals surface area contributed by atoms with E-state index >= 15 is 0 Å². The van der Waals surface area contributed by atoms with Gasteiger partial charge in [-0.15, -0.1) is 0 Å². The molecule has 1 N–H and O–H groups in total. The summed E-state index contributed by atoms with van der Waals surface area (Å²) in [6.07, 6.45) is 10.1. The van der Waals surface area contributed by atoms with Crippen LogP contribution in [-0.2, 0) is 0 Å². The molecule has 0 spiro atoms. The molecule has 3 aromatic rings. The average molecular weight is 597 g/mol. The molecule has 0 saturated heterocycles. The van der Waals surface area contributed by atoms with E-state index in [1.54, 1.807) is 7.05 Å². The van der Waals surface area contributed by atoms with E-state index in [0.717, 1.165) is 53.0 Å². The Morgan fingerprint density at radius 2 is 1.41 bits per heavy atom. The van der Waals surface area contributed by atoms with Gasteiger partial charge in [-0.25, -0.2) is 9.98 Å². The number of nitrogens with one attached hydrogen (secondary N) is 1. The lowest BCUT2D eigenvalue weighted by Crippen LogP contribution is -2.13. The van der Waals surface area contributed by atoms with Gasteiger partial charge >= 0.3 is 0 Å². The number of hydrogen-bond donors (Lipinski definition) is 1. The van der Waals surface area contributed by atoms with Crippen molar-refractivity contribution in [3.05, 3.63) is 93.5 Å². The molecule has 0 heterocycles. The molecule has 3 aromatic carbocycles. The Morgan fingerprint density at radius 3 is 2.11 bits per heavy atom. The van der Waals surface area contributed by atoms with Crippen LogP contribution in [0.3, 0.4) is 0 Å². The summed E-state index contributed by atoms with van der Waals surface area (Å²) >= 11 is 0. The molecule has 0 radical (unpaired) electrons. The number of unbranched alkanes of at least 4 members (excludes halogenated alkanes) is 5. The van der Waals surface area contributed by atoms with Gasteiger partial charge in [-0.05, 0) is 83.0 Å². The molecule has 0 unspecified atom stereocenters. The van der Waals surface area contributed by atoms with Gasteiger partial charge in [0, 0.05) is 24.9 Å². The minimum atomic E-state index is 0.539. The van der Waals surface area contributed by atoms with E-state index in [1.165, 1.54) is 43.2 Å². The third-order valence-electron chi connectivity index (χ3n) is 7.59. The van der Waals surface area contributed by atoms with Crippen molar-refractivity contribution >= 4 is 17.9 Å². The van der Waals surface area contributed by atoms with Crippen molar-refractivity contribution in [3.8, 4) is 11.5 Å². The number of ether oxygens (including phenoxy) is 2. The van der Waals surface area contributed by atoms with Crippen LogP contribution in [-0.4, -0.2) is 51.7 Å². The summed E-state index contributed by atoms with van der Waals surface area (Å²) in [4.78, 5) is 14.6. The summed E-state index contributed by atoms with van der Waals surface area (Å²) in [5.74, 6) is 2.66. The van der Waals surface area contributed by atoms with Crippen molar-refractivity contribution in [1.82, 2.24) is 5.32 Å². The number of aliphatic imine (C=N–C) groups is 3. The van der Waals surface area contributed by atoms with Crippen LogP contribution in [0.1, 0.15) is 90.8 Å². The Kier molecular flexibility index (Phi) is 14.8. The Hall–Kier alpha value is -3.77. The van der Waals surface area contributed by atoms with Gasteiger partial charge < -0.3 is 14.8 Å². The summed E-state index contributed by atoms with van der Waals surface area (Å²) < 4.78 is 12.5. The fraction of sp³-hybridized carbons (Fsp3) is 0.447. The summed E-state index contributed by atoms with van der Waals surface area (Å²) in [7, 11) is 3.73. The Labute approximate surface area is 265 Å². The van der Waals surface area contributed by atoms with Crippen LogP contribution in [0.4, 0.5) is 0 Å². The molecular formula is C38H52N4O2. The second kappa shape index (κ2) is 18.8. The predicted molar refractivity (Wildman–Crippen MR) is 188 cm³/mol. The largest absolute Gasteiger partial charge is 0.493 e. The Balaban J connectivity index is 2.01. The quantitative estimate of drug-likeness (QED) is 0.102. The highest BCUT2D eigenvalue weighted by molar-refractivity contribution is 6.15. The van der Waals surface area contributed by atoms with Gasteiger partial charge in [-0.2, -0.15) is 0 Å². The first kappa shape index (κ1) is 34.7. The van der Waals surface area contributed by atoms with Crippen LogP contribution < -0.4 is 14.8 Å². The molecule has 0 amide bonds. The summed E-state index contributed by atoms with van der Waals surface area (Å²) in [5, 5.41) is 3.20. The van der Waals surface area contributed by atoms with Gasteiger partial charge in [0.25, 0.3) is 0 Å². The monoisotopic (exact) mass is 596 g/mol. The molecule has 0 atom stereocenters. The molecule has 44 heavy (non-hydrogen) atoms. The molecule has 236 valence electrons. The average Bonchev–Trinajstić information content (AvgIpc) is 3.00. The SMILES string of the molecule is CCCCCCCCOc1ccc(C(=N/C(=N\C)c2ccc(C)cc2C)/N=C/c2ccc(C)cc2C)c(OCCCNC)c1. The summed E-state index contributed by atoms with van der Waals surface area (Å²) in [6.45, 7) is 12.8. The smallest absolute Gasteiger partial charge is 0.165 e. The molecule has 0 aliphatic heterocycles. The van der Waals surface area contributed by atoms with Crippen molar-refractivity contribution in [1.29, 1.82) is 0 Å². The zero-order valence-corrected chi connectivity index (χ0v) is 28.0. The molecule has 0 aliphatic rings. The van der Waals surface area contributed by atoms with E-state index in [1.807, 2.05) is 31.5 Å². The standard InChI is InChI=1S/C38H52N4O2/c1-8-9-10-11-12-13-22-43-33-18-20-35(36(26-33)44-23-14-21-39-6)38(41-27-32-17-15-28(2)24-30(32)4)42-37(40-7)34-19-16-29(3)25-31(34)5/h15-20,24-27,39H,8-14,21-23H2,1-7H3/b40-37-,41-27+,42-38-. The molecule has 0 bridgehead atoms. The van der Waals surface area contributed by atoms with Crippen molar-refractivity contribution in [2.45, 2.75) is 79.6 Å². The van der Waals surface area contributed by atoms with Crippen molar-refractivity contribution in [2.24, 2.45) is 15.0 Å². The van der Waals surface area contributed by atoms with Crippen LogP contribution in [0.2, 0.25) is 0 Å². The van der Waals surface area contributed by atoms with Crippen molar-refractivity contribution in [2.75, 3.05) is 33.9 Å². The summed E-state index contributed by atoms with van der Waals surface area (Å²) in [5.41, 5.74) is 7.52. The van der Waals surface area contributed by atoms with Crippen molar-refractivity contribution in [3.63, 3.8) is 0 Å². The van der Waals surface area contributed by atoms with E-state index in [2.05, 4.69) is 81.3 Å². The van der Waals surface area contributed by atoms with Gasteiger partial charge in [-0.1, -0.05) is 86.6 Å². The molecule has 6 heteroatoms.